The molecule has 0 radical (unpaired) electrons. The Morgan fingerprint density at radius 3 is 2.83 bits per heavy atom. The van der Waals surface area contributed by atoms with E-state index in [1.54, 1.807) is 0 Å². The highest BCUT2D eigenvalue weighted by molar-refractivity contribution is 7.11. The summed E-state index contributed by atoms with van der Waals surface area (Å²) in [6.45, 7) is 4.50. The second kappa shape index (κ2) is 4.76. The van der Waals surface area contributed by atoms with E-state index in [1.807, 2.05) is 0 Å². The summed E-state index contributed by atoms with van der Waals surface area (Å²) in [5.74, 6) is -0.291. The molecular weight excluding hydrogens is 248 g/mol. The molecule has 1 aliphatic carbocycles. The van der Waals surface area contributed by atoms with Crippen molar-refractivity contribution in [3.63, 3.8) is 0 Å². The summed E-state index contributed by atoms with van der Waals surface area (Å²) < 4.78 is 4.01. The van der Waals surface area contributed by atoms with Crippen molar-refractivity contribution in [3.05, 3.63) is 5.56 Å². The Labute approximate surface area is 111 Å². The average Bonchev–Trinajstić information content (AvgIpc) is 2.63. The number of nitrogens with zero attached hydrogens (tertiary/aromatic N) is 1. The van der Waals surface area contributed by atoms with Crippen LogP contribution < -0.4 is 16.8 Å². The molecule has 1 heterocycles. The molecular formula is C12H20N4OS. The molecule has 2 rings (SSSR count). The monoisotopic (exact) mass is 268 g/mol. The van der Waals surface area contributed by atoms with Crippen LogP contribution in [0.3, 0.4) is 0 Å². The van der Waals surface area contributed by atoms with Gasteiger partial charge in [0.2, 0.25) is 0 Å². The Hall–Kier alpha value is -1.30. The van der Waals surface area contributed by atoms with E-state index in [1.165, 1.54) is 30.8 Å². The van der Waals surface area contributed by atoms with Crippen LogP contribution >= 0.6 is 11.5 Å². The maximum absolute atomic E-state index is 11.4. The number of carbonyl (C=O) groups excluding carboxylic acids is 1. The Kier molecular flexibility index (Phi) is 3.47. The van der Waals surface area contributed by atoms with Crippen molar-refractivity contribution < 1.29 is 4.79 Å². The van der Waals surface area contributed by atoms with Gasteiger partial charge in [0, 0.05) is 6.04 Å². The maximum Gasteiger partial charge on any atom is 0.255 e. The summed E-state index contributed by atoms with van der Waals surface area (Å²) in [4.78, 5) is 11.4. The third-order valence-electron chi connectivity index (χ3n) is 3.78. The molecule has 5 nitrogen and oxygen atoms in total. The standard InChI is InChI=1S/C12H20N4OS/c1-12(2)6-4-3-5-7(12)15-11-8(10(14)17)9(13)16-18-11/h7,15H,3-6H2,1-2H3,(H2,13,16)(H2,14,17). The summed E-state index contributed by atoms with van der Waals surface area (Å²) in [6.07, 6.45) is 4.76. The minimum atomic E-state index is -0.516. The van der Waals surface area contributed by atoms with Crippen molar-refractivity contribution in [3.8, 4) is 0 Å². The summed E-state index contributed by atoms with van der Waals surface area (Å²) in [7, 11) is 0. The van der Waals surface area contributed by atoms with E-state index in [0.717, 1.165) is 6.42 Å². The Morgan fingerprint density at radius 1 is 1.50 bits per heavy atom. The first-order valence-corrected chi connectivity index (χ1v) is 7.00. The average molecular weight is 268 g/mol. The van der Waals surface area contributed by atoms with Gasteiger partial charge in [0.05, 0.1) is 0 Å². The van der Waals surface area contributed by atoms with E-state index >= 15 is 0 Å². The Bertz CT molecular complexity index is 455. The maximum atomic E-state index is 11.4. The van der Waals surface area contributed by atoms with Gasteiger partial charge in [-0.2, -0.15) is 4.37 Å². The highest BCUT2D eigenvalue weighted by Gasteiger charge is 2.33. The van der Waals surface area contributed by atoms with Crippen LogP contribution in [0, 0.1) is 5.41 Å². The summed E-state index contributed by atoms with van der Waals surface area (Å²) in [6, 6.07) is 0.337. The minimum Gasteiger partial charge on any atom is -0.382 e. The molecule has 18 heavy (non-hydrogen) atoms. The highest BCUT2D eigenvalue weighted by Crippen LogP contribution is 2.39. The normalized spacial score (nSPS) is 22.7. The molecule has 0 spiro atoms. The molecule has 1 atom stereocenters. The van der Waals surface area contributed by atoms with E-state index in [4.69, 9.17) is 11.5 Å². The number of rotatable bonds is 3. The molecule has 1 amide bonds. The largest absolute Gasteiger partial charge is 0.382 e. The lowest BCUT2D eigenvalue weighted by Gasteiger charge is -2.39. The number of primary amides is 1. The third-order valence-corrected chi connectivity index (χ3v) is 4.57. The fourth-order valence-electron chi connectivity index (χ4n) is 2.56. The van der Waals surface area contributed by atoms with Crippen LogP contribution in [0.2, 0.25) is 0 Å². The number of hydrogen-bond acceptors (Lipinski definition) is 5. The second-order valence-corrected chi connectivity index (χ2v) is 6.34. The minimum absolute atomic E-state index is 0.214. The van der Waals surface area contributed by atoms with Crippen LogP contribution in [0.1, 0.15) is 49.9 Å². The van der Waals surface area contributed by atoms with Gasteiger partial charge in [0.1, 0.15) is 10.6 Å². The number of hydrogen-bond donors (Lipinski definition) is 3. The molecule has 0 bridgehead atoms. The van der Waals surface area contributed by atoms with Crippen LogP contribution in [-0.2, 0) is 0 Å². The van der Waals surface area contributed by atoms with E-state index in [2.05, 4.69) is 23.5 Å². The van der Waals surface area contributed by atoms with Crippen LogP contribution in [-0.4, -0.2) is 16.3 Å². The number of nitrogen functional groups attached to an aromatic ring is 1. The number of nitrogens with two attached hydrogens (primary N) is 2. The van der Waals surface area contributed by atoms with Crippen molar-refractivity contribution in [1.82, 2.24) is 4.37 Å². The number of aromatic nitrogens is 1. The second-order valence-electron chi connectivity index (χ2n) is 5.57. The molecule has 1 aromatic rings. The van der Waals surface area contributed by atoms with Gasteiger partial charge in [-0.15, -0.1) is 0 Å². The number of amides is 1. The van der Waals surface area contributed by atoms with Crippen molar-refractivity contribution >= 4 is 28.3 Å². The van der Waals surface area contributed by atoms with Crippen molar-refractivity contribution in [1.29, 1.82) is 0 Å². The van der Waals surface area contributed by atoms with Gasteiger partial charge in [0.15, 0.2) is 5.82 Å². The molecule has 0 saturated heterocycles. The number of nitrogens with one attached hydrogen (secondary N) is 1. The summed E-state index contributed by atoms with van der Waals surface area (Å²) in [5.41, 5.74) is 11.6. The van der Waals surface area contributed by atoms with E-state index in [9.17, 15) is 4.79 Å². The van der Waals surface area contributed by atoms with Crippen molar-refractivity contribution in [2.45, 2.75) is 45.6 Å². The number of carbonyl (C=O) groups is 1. The first-order valence-electron chi connectivity index (χ1n) is 6.23. The fourth-order valence-corrected chi connectivity index (χ4v) is 3.33. The van der Waals surface area contributed by atoms with E-state index < -0.39 is 5.91 Å². The fraction of sp³-hybridized carbons (Fsp3) is 0.667. The van der Waals surface area contributed by atoms with Gasteiger partial charge in [-0.05, 0) is 29.8 Å². The summed E-state index contributed by atoms with van der Waals surface area (Å²) >= 11 is 1.21. The lowest BCUT2D eigenvalue weighted by atomic mass is 9.73. The van der Waals surface area contributed by atoms with Gasteiger partial charge < -0.3 is 16.8 Å². The zero-order valence-electron chi connectivity index (χ0n) is 10.8. The van der Waals surface area contributed by atoms with Crippen LogP contribution in [0.5, 0.6) is 0 Å². The summed E-state index contributed by atoms with van der Waals surface area (Å²) in [5, 5.41) is 4.13. The Morgan fingerprint density at radius 2 is 2.22 bits per heavy atom. The van der Waals surface area contributed by atoms with Gasteiger partial charge in [-0.3, -0.25) is 4.79 Å². The molecule has 100 valence electrons. The molecule has 1 saturated carbocycles. The van der Waals surface area contributed by atoms with Crippen molar-refractivity contribution in [2.75, 3.05) is 11.1 Å². The van der Waals surface area contributed by atoms with E-state index in [0.29, 0.717) is 16.6 Å². The van der Waals surface area contributed by atoms with Gasteiger partial charge in [0.25, 0.3) is 5.91 Å². The van der Waals surface area contributed by atoms with Gasteiger partial charge in [-0.25, -0.2) is 0 Å². The van der Waals surface area contributed by atoms with Crippen LogP contribution in [0.15, 0.2) is 0 Å². The molecule has 1 aliphatic rings. The van der Waals surface area contributed by atoms with Gasteiger partial charge in [-0.1, -0.05) is 26.7 Å². The molecule has 1 aromatic heterocycles. The van der Waals surface area contributed by atoms with Crippen LogP contribution in [0.4, 0.5) is 10.8 Å². The molecule has 5 N–H and O–H groups in total. The molecule has 1 fully saturated rings. The smallest absolute Gasteiger partial charge is 0.255 e. The van der Waals surface area contributed by atoms with Gasteiger partial charge >= 0.3 is 0 Å². The molecule has 0 aromatic carbocycles. The SMILES string of the molecule is CC1(C)CCCCC1Nc1snc(N)c1C(N)=O. The quantitative estimate of drug-likeness (QED) is 0.783. The highest BCUT2D eigenvalue weighted by atomic mass is 32.1. The zero-order chi connectivity index (χ0) is 13.3. The molecule has 1 unspecified atom stereocenters. The number of anilines is 2. The lowest BCUT2D eigenvalue weighted by Crippen LogP contribution is -2.39. The van der Waals surface area contributed by atoms with E-state index in [-0.39, 0.29) is 11.2 Å². The van der Waals surface area contributed by atoms with Crippen LogP contribution in [0.25, 0.3) is 0 Å². The first kappa shape index (κ1) is 13.1. The molecule has 0 aliphatic heterocycles. The topological polar surface area (TPSA) is 94.0 Å². The molecule has 6 heteroatoms. The zero-order valence-corrected chi connectivity index (χ0v) is 11.6. The van der Waals surface area contributed by atoms with Crippen molar-refractivity contribution in [2.24, 2.45) is 11.1 Å². The first-order chi connectivity index (χ1) is 8.42. The Balaban J connectivity index is 2.21. The third kappa shape index (κ3) is 2.43. The predicted octanol–water partition coefficient (Wildman–Crippen LogP) is 2.20. The lowest BCUT2D eigenvalue weighted by molar-refractivity contribution is 0.100. The predicted molar refractivity (Wildman–Crippen MR) is 74.7 cm³/mol.